The first kappa shape index (κ1) is 27.7. The minimum atomic E-state index is -0.338. The van der Waals surface area contributed by atoms with Crippen LogP contribution in [0.4, 0.5) is 5.69 Å². The molecular formula is C31H35N3O5S. The van der Waals surface area contributed by atoms with Crippen LogP contribution in [0.3, 0.4) is 0 Å². The molecule has 0 aliphatic carbocycles. The third-order valence-electron chi connectivity index (χ3n) is 7.94. The van der Waals surface area contributed by atoms with E-state index in [0.717, 1.165) is 35.5 Å². The molecule has 5 rings (SSSR count). The zero-order chi connectivity index (χ0) is 28.4. The molecule has 3 aromatic rings. The first-order valence-electron chi connectivity index (χ1n) is 13.6. The second-order valence-corrected chi connectivity index (χ2v) is 11.3. The molecule has 0 bridgehead atoms. The Morgan fingerprint density at radius 1 is 1.07 bits per heavy atom. The highest BCUT2D eigenvalue weighted by Crippen LogP contribution is 2.38. The molecule has 3 heterocycles. The van der Waals surface area contributed by atoms with Crippen molar-refractivity contribution >= 4 is 34.7 Å². The van der Waals surface area contributed by atoms with Gasteiger partial charge in [0, 0.05) is 31.6 Å². The van der Waals surface area contributed by atoms with Gasteiger partial charge in [0.15, 0.2) is 11.5 Å². The number of piperidine rings is 1. The number of nitrogens with zero attached hydrogens (tertiary/aromatic N) is 3. The van der Waals surface area contributed by atoms with E-state index < -0.39 is 0 Å². The van der Waals surface area contributed by atoms with Crippen molar-refractivity contribution in [3.8, 4) is 11.5 Å². The molecule has 3 amide bonds. The van der Waals surface area contributed by atoms with Crippen LogP contribution < -0.4 is 14.4 Å². The number of carbonyl (C=O) groups is 3. The lowest BCUT2D eigenvalue weighted by Crippen LogP contribution is -2.44. The summed E-state index contributed by atoms with van der Waals surface area (Å²) in [5.41, 5.74) is 2.69. The second kappa shape index (κ2) is 11.7. The smallest absolute Gasteiger partial charge is 0.264 e. The van der Waals surface area contributed by atoms with E-state index in [1.807, 2.05) is 61.8 Å². The summed E-state index contributed by atoms with van der Waals surface area (Å²) in [4.78, 5) is 46.7. The van der Waals surface area contributed by atoms with Gasteiger partial charge in [0.05, 0.1) is 43.0 Å². The van der Waals surface area contributed by atoms with Crippen LogP contribution in [0, 0.1) is 5.92 Å². The first-order valence-corrected chi connectivity index (χ1v) is 14.5. The summed E-state index contributed by atoms with van der Waals surface area (Å²) in [6.45, 7) is 3.71. The fraction of sp³-hybridized carbons (Fsp3) is 0.387. The molecule has 8 nitrogen and oxygen atoms in total. The van der Waals surface area contributed by atoms with Crippen molar-refractivity contribution in [2.75, 3.05) is 45.8 Å². The number of hydrogen-bond acceptors (Lipinski definition) is 7. The Hall–Kier alpha value is -3.85. The Labute approximate surface area is 239 Å². The summed E-state index contributed by atoms with van der Waals surface area (Å²) >= 11 is 1.53. The number of thiophene rings is 1. The Balaban J connectivity index is 1.28. The monoisotopic (exact) mass is 561 g/mol. The molecule has 1 aromatic heterocycles. The topological polar surface area (TPSA) is 79.4 Å². The van der Waals surface area contributed by atoms with Gasteiger partial charge in [-0.3, -0.25) is 19.3 Å². The highest BCUT2D eigenvalue weighted by Gasteiger charge is 2.42. The molecule has 0 unspecified atom stereocenters. The lowest BCUT2D eigenvalue weighted by atomic mass is 9.94. The maximum Gasteiger partial charge on any atom is 0.264 e. The van der Waals surface area contributed by atoms with Crippen LogP contribution in [0.15, 0.2) is 53.9 Å². The fourth-order valence-corrected chi connectivity index (χ4v) is 6.48. The molecule has 1 saturated heterocycles. The van der Waals surface area contributed by atoms with Crippen LogP contribution in [0.25, 0.3) is 0 Å². The molecule has 2 aromatic carbocycles. The quantitative estimate of drug-likeness (QED) is 0.341. The molecule has 0 radical (unpaired) electrons. The average Bonchev–Trinajstić information content (AvgIpc) is 3.62. The van der Waals surface area contributed by atoms with Crippen LogP contribution in [-0.4, -0.2) is 68.4 Å². The Morgan fingerprint density at radius 3 is 2.60 bits per heavy atom. The minimum absolute atomic E-state index is 0.0908. The number of rotatable bonds is 9. The van der Waals surface area contributed by atoms with E-state index in [9.17, 15) is 14.4 Å². The van der Waals surface area contributed by atoms with Gasteiger partial charge in [-0.15, -0.1) is 11.3 Å². The van der Waals surface area contributed by atoms with Crippen molar-refractivity contribution in [1.29, 1.82) is 0 Å². The summed E-state index contributed by atoms with van der Waals surface area (Å²) in [6.07, 6.45) is 2.32. The van der Waals surface area contributed by atoms with Gasteiger partial charge in [-0.1, -0.05) is 18.2 Å². The summed E-state index contributed by atoms with van der Waals surface area (Å²) in [7, 11) is 5.06. The number of carbonyl (C=O) groups excluding carboxylic acids is 3. The van der Waals surface area contributed by atoms with Gasteiger partial charge >= 0.3 is 0 Å². The number of benzene rings is 2. The van der Waals surface area contributed by atoms with Crippen molar-refractivity contribution in [2.45, 2.75) is 32.2 Å². The third-order valence-corrected chi connectivity index (χ3v) is 8.98. The zero-order valence-electron chi connectivity index (χ0n) is 23.4. The molecule has 2 aliphatic rings. The van der Waals surface area contributed by atoms with E-state index in [4.69, 9.17) is 9.47 Å². The maximum atomic E-state index is 13.6. The predicted octanol–water partition coefficient (Wildman–Crippen LogP) is 5.04. The van der Waals surface area contributed by atoms with Crippen LogP contribution >= 0.6 is 11.3 Å². The number of ether oxygens (including phenoxy) is 2. The molecule has 2 atom stereocenters. The highest BCUT2D eigenvalue weighted by molar-refractivity contribution is 7.10. The van der Waals surface area contributed by atoms with Crippen LogP contribution in [0.5, 0.6) is 11.5 Å². The number of methoxy groups -OCH3 is 2. The zero-order valence-corrected chi connectivity index (χ0v) is 24.2. The number of imide groups is 1. The number of anilines is 1. The number of hydrogen-bond donors (Lipinski definition) is 0. The number of amides is 3. The van der Waals surface area contributed by atoms with E-state index >= 15 is 0 Å². The van der Waals surface area contributed by atoms with E-state index in [-0.39, 0.29) is 29.7 Å². The molecule has 0 spiro atoms. The standard InChI is InChI=1S/C31H35N3O5S/c1-20(27-11-7-17-40-27)34-30(36)23-9-5-10-24(28(23)31(34)37)33-15-6-8-22(19-33)29(35)32(2)16-14-21-12-13-25(38-3)26(18-21)39-4/h5,7,9-13,17-18,20,22H,6,8,14-16,19H2,1-4H3/t20-,22-/m0/s1. The van der Waals surface area contributed by atoms with Gasteiger partial charge in [0.1, 0.15) is 0 Å². The van der Waals surface area contributed by atoms with Gasteiger partial charge < -0.3 is 19.3 Å². The highest BCUT2D eigenvalue weighted by atomic mass is 32.1. The van der Waals surface area contributed by atoms with E-state index in [1.165, 1.54) is 16.2 Å². The molecule has 2 aliphatic heterocycles. The molecule has 9 heteroatoms. The number of likely N-dealkylation sites (N-methyl/N-ethyl adjacent to an activating group) is 1. The van der Waals surface area contributed by atoms with Crippen molar-refractivity contribution < 1.29 is 23.9 Å². The Morgan fingerprint density at radius 2 is 1.88 bits per heavy atom. The lowest BCUT2D eigenvalue weighted by molar-refractivity contribution is -0.134. The van der Waals surface area contributed by atoms with Gasteiger partial charge in [0.25, 0.3) is 11.8 Å². The van der Waals surface area contributed by atoms with Crippen molar-refractivity contribution in [2.24, 2.45) is 5.92 Å². The van der Waals surface area contributed by atoms with E-state index in [0.29, 0.717) is 42.1 Å². The molecule has 0 saturated carbocycles. The molecule has 210 valence electrons. The lowest BCUT2D eigenvalue weighted by Gasteiger charge is -2.36. The van der Waals surface area contributed by atoms with Crippen molar-refractivity contribution in [3.63, 3.8) is 0 Å². The van der Waals surface area contributed by atoms with Gasteiger partial charge in [-0.2, -0.15) is 0 Å². The molecule has 1 fully saturated rings. The van der Waals surface area contributed by atoms with Crippen LogP contribution in [0.1, 0.15) is 57.0 Å². The summed E-state index contributed by atoms with van der Waals surface area (Å²) in [5.74, 6) is 0.721. The van der Waals surface area contributed by atoms with E-state index in [2.05, 4.69) is 4.90 Å². The van der Waals surface area contributed by atoms with Crippen LogP contribution in [0.2, 0.25) is 0 Å². The minimum Gasteiger partial charge on any atom is -0.493 e. The molecule has 0 N–H and O–H groups in total. The maximum absolute atomic E-state index is 13.6. The molecule has 40 heavy (non-hydrogen) atoms. The van der Waals surface area contributed by atoms with Gasteiger partial charge in [0.2, 0.25) is 5.91 Å². The third kappa shape index (κ3) is 5.18. The largest absolute Gasteiger partial charge is 0.493 e. The van der Waals surface area contributed by atoms with Crippen molar-refractivity contribution in [1.82, 2.24) is 9.80 Å². The second-order valence-electron chi connectivity index (χ2n) is 10.4. The van der Waals surface area contributed by atoms with Crippen LogP contribution in [-0.2, 0) is 11.2 Å². The Kier molecular flexibility index (Phi) is 8.12. The summed E-state index contributed by atoms with van der Waals surface area (Å²) in [6, 6.07) is 14.8. The summed E-state index contributed by atoms with van der Waals surface area (Å²) < 4.78 is 10.7. The fourth-order valence-electron chi connectivity index (χ4n) is 5.71. The van der Waals surface area contributed by atoms with Crippen molar-refractivity contribution in [3.05, 3.63) is 75.5 Å². The van der Waals surface area contributed by atoms with E-state index in [1.54, 1.807) is 25.2 Å². The predicted molar refractivity (Wildman–Crippen MR) is 155 cm³/mol. The molecular weight excluding hydrogens is 526 g/mol. The SMILES string of the molecule is COc1ccc(CCN(C)C(=O)[C@H]2CCCN(c3cccc4c3C(=O)N([C@@H](C)c3cccs3)C4=O)C2)cc1OC. The van der Waals surface area contributed by atoms with Gasteiger partial charge in [-0.25, -0.2) is 0 Å². The summed E-state index contributed by atoms with van der Waals surface area (Å²) in [5, 5.41) is 1.95. The number of fused-ring (bicyclic) bond motifs is 1. The van der Waals surface area contributed by atoms with Gasteiger partial charge in [-0.05, 0) is 67.5 Å². The first-order chi connectivity index (χ1) is 19.3. The average molecular weight is 562 g/mol. The Bertz CT molecular complexity index is 1410. The normalized spacial score (nSPS) is 17.6.